The molecule has 0 fully saturated rings. The maximum Gasteiger partial charge on any atom is 0.490 e. The van der Waals surface area contributed by atoms with E-state index in [4.69, 9.17) is 9.90 Å². The van der Waals surface area contributed by atoms with Crippen molar-refractivity contribution in [3.8, 4) is 11.1 Å². The topological polar surface area (TPSA) is 109 Å². The molecule has 2 heterocycles. The molecule has 4 rings (SSSR count). The minimum atomic E-state index is -5.08. The van der Waals surface area contributed by atoms with E-state index < -0.39 is 23.8 Å². The van der Waals surface area contributed by atoms with Crippen LogP contribution < -0.4 is 10.6 Å². The van der Waals surface area contributed by atoms with E-state index in [1.807, 2.05) is 30.3 Å². The standard InChI is InChI=1S/C23H19F2N5O.C2HF3O2/c1-30-14-16(17-12-27-23(28-13-17)29-18-5-3-2-4-6-18)10-21(30)22(31)26-11-15-7-8-19(24)20(25)9-15;3-2(4,5)1(6)7/h2-10,12-14H,11H2,1H3,(H,26,31)(H,27,28,29);(H,6,7). The molecule has 2 aromatic heterocycles. The molecule has 38 heavy (non-hydrogen) atoms. The molecule has 0 aliphatic heterocycles. The van der Waals surface area contributed by atoms with Crippen molar-refractivity contribution in [3.05, 3.63) is 96.1 Å². The monoisotopic (exact) mass is 533 g/mol. The molecule has 0 aliphatic rings. The van der Waals surface area contributed by atoms with Crippen molar-refractivity contribution >= 4 is 23.5 Å². The van der Waals surface area contributed by atoms with E-state index in [9.17, 15) is 26.7 Å². The fourth-order valence-corrected chi connectivity index (χ4v) is 3.06. The van der Waals surface area contributed by atoms with E-state index in [2.05, 4.69) is 20.6 Å². The van der Waals surface area contributed by atoms with Gasteiger partial charge >= 0.3 is 12.1 Å². The highest BCUT2D eigenvalue weighted by Crippen LogP contribution is 2.22. The quantitative estimate of drug-likeness (QED) is 0.299. The average molecular weight is 533 g/mol. The van der Waals surface area contributed by atoms with Gasteiger partial charge in [0.05, 0.1) is 0 Å². The van der Waals surface area contributed by atoms with Crippen LogP contribution in [-0.2, 0) is 18.4 Å². The lowest BCUT2D eigenvalue weighted by molar-refractivity contribution is -0.192. The Kier molecular flexibility index (Phi) is 8.73. The van der Waals surface area contributed by atoms with Crippen molar-refractivity contribution in [1.82, 2.24) is 19.9 Å². The summed E-state index contributed by atoms with van der Waals surface area (Å²) in [4.78, 5) is 30.1. The molecular weight excluding hydrogens is 513 g/mol. The lowest BCUT2D eigenvalue weighted by Gasteiger charge is -2.06. The van der Waals surface area contributed by atoms with Gasteiger partial charge in [-0.3, -0.25) is 4.79 Å². The molecule has 0 atom stereocenters. The van der Waals surface area contributed by atoms with Gasteiger partial charge in [-0.25, -0.2) is 23.5 Å². The molecule has 1 amide bonds. The highest BCUT2D eigenvalue weighted by Gasteiger charge is 2.38. The van der Waals surface area contributed by atoms with Crippen LogP contribution in [0, 0.1) is 11.6 Å². The second kappa shape index (κ2) is 12.0. The van der Waals surface area contributed by atoms with Gasteiger partial charge in [0, 0.05) is 49.0 Å². The molecular formula is C25H20F5N5O3. The SMILES string of the molecule is Cn1cc(-c2cnc(Nc3ccccc3)nc2)cc1C(=O)NCc1ccc(F)c(F)c1.O=C(O)C(F)(F)F. The summed E-state index contributed by atoms with van der Waals surface area (Å²) in [5.41, 5.74) is 3.32. The summed E-state index contributed by atoms with van der Waals surface area (Å²) in [6.45, 7) is 0.0828. The predicted molar refractivity (Wildman–Crippen MR) is 127 cm³/mol. The van der Waals surface area contributed by atoms with Crippen LogP contribution in [0.2, 0.25) is 0 Å². The minimum absolute atomic E-state index is 0.0828. The Labute approximate surface area is 212 Å². The number of alkyl halides is 3. The number of amides is 1. The smallest absolute Gasteiger partial charge is 0.475 e. The first-order chi connectivity index (χ1) is 17.9. The third-order valence-electron chi connectivity index (χ3n) is 4.93. The van der Waals surface area contributed by atoms with Gasteiger partial charge in [0.1, 0.15) is 5.69 Å². The maximum absolute atomic E-state index is 13.3. The van der Waals surface area contributed by atoms with E-state index in [0.29, 0.717) is 17.2 Å². The number of carbonyl (C=O) groups is 2. The molecule has 3 N–H and O–H groups in total. The van der Waals surface area contributed by atoms with Gasteiger partial charge in [-0.15, -0.1) is 0 Å². The zero-order valence-corrected chi connectivity index (χ0v) is 19.6. The number of aliphatic carboxylic acids is 1. The van der Waals surface area contributed by atoms with Crippen LogP contribution in [0.4, 0.5) is 33.6 Å². The molecule has 13 heteroatoms. The van der Waals surface area contributed by atoms with Crippen LogP contribution in [0.15, 0.2) is 73.2 Å². The maximum atomic E-state index is 13.3. The Morgan fingerprint density at radius 2 is 1.58 bits per heavy atom. The number of rotatable bonds is 6. The third kappa shape index (κ3) is 7.59. The molecule has 0 bridgehead atoms. The number of carbonyl (C=O) groups excluding carboxylic acids is 1. The molecule has 0 spiro atoms. The number of hydrogen-bond acceptors (Lipinski definition) is 5. The van der Waals surface area contributed by atoms with Crippen LogP contribution in [-0.4, -0.2) is 37.7 Å². The molecule has 0 unspecified atom stereocenters. The Morgan fingerprint density at radius 1 is 0.947 bits per heavy atom. The summed E-state index contributed by atoms with van der Waals surface area (Å²) in [6.07, 6.45) is 0.0721. The minimum Gasteiger partial charge on any atom is -0.475 e. The zero-order chi connectivity index (χ0) is 27.9. The molecule has 0 radical (unpaired) electrons. The van der Waals surface area contributed by atoms with Crippen LogP contribution >= 0.6 is 0 Å². The fraction of sp³-hybridized carbons (Fsp3) is 0.120. The van der Waals surface area contributed by atoms with Crippen molar-refractivity contribution in [2.24, 2.45) is 7.05 Å². The Morgan fingerprint density at radius 3 is 2.16 bits per heavy atom. The average Bonchev–Trinajstić information content (AvgIpc) is 3.27. The number of carboxylic acid groups (broad SMARTS) is 1. The number of para-hydroxylation sites is 1. The van der Waals surface area contributed by atoms with Crippen molar-refractivity contribution in [2.75, 3.05) is 5.32 Å². The molecule has 2 aromatic carbocycles. The number of nitrogens with one attached hydrogen (secondary N) is 2. The number of carboxylic acids is 1. The van der Waals surface area contributed by atoms with Crippen LogP contribution in [0.1, 0.15) is 16.1 Å². The Balaban J connectivity index is 0.000000505. The lowest BCUT2D eigenvalue weighted by atomic mass is 10.2. The summed E-state index contributed by atoms with van der Waals surface area (Å²) in [7, 11) is 1.75. The van der Waals surface area contributed by atoms with Crippen molar-refractivity contribution < 1.29 is 36.6 Å². The van der Waals surface area contributed by atoms with Crippen LogP contribution in [0.5, 0.6) is 0 Å². The second-order valence-electron chi connectivity index (χ2n) is 7.75. The normalized spacial score (nSPS) is 10.8. The zero-order valence-electron chi connectivity index (χ0n) is 19.6. The van der Waals surface area contributed by atoms with Crippen LogP contribution in [0.25, 0.3) is 11.1 Å². The predicted octanol–water partition coefficient (Wildman–Crippen LogP) is 5.07. The van der Waals surface area contributed by atoms with Gasteiger partial charge < -0.3 is 20.3 Å². The van der Waals surface area contributed by atoms with E-state index >= 15 is 0 Å². The first-order valence-electron chi connectivity index (χ1n) is 10.8. The van der Waals surface area contributed by atoms with Gasteiger partial charge in [-0.2, -0.15) is 13.2 Å². The van der Waals surface area contributed by atoms with Crippen molar-refractivity contribution in [1.29, 1.82) is 0 Å². The summed E-state index contributed by atoms with van der Waals surface area (Å²) >= 11 is 0. The molecule has 8 nitrogen and oxygen atoms in total. The number of halogens is 5. The van der Waals surface area contributed by atoms with E-state index in [1.54, 1.807) is 36.3 Å². The highest BCUT2D eigenvalue weighted by molar-refractivity contribution is 5.94. The number of anilines is 2. The van der Waals surface area contributed by atoms with Crippen molar-refractivity contribution in [3.63, 3.8) is 0 Å². The molecule has 0 aliphatic carbocycles. The lowest BCUT2D eigenvalue weighted by Crippen LogP contribution is -2.24. The summed E-state index contributed by atoms with van der Waals surface area (Å²) in [5.74, 6) is -4.49. The molecule has 198 valence electrons. The largest absolute Gasteiger partial charge is 0.490 e. The number of aromatic nitrogens is 3. The van der Waals surface area contributed by atoms with E-state index in [-0.39, 0.29) is 12.5 Å². The first-order valence-corrected chi connectivity index (χ1v) is 10.8. The van der Waals surface area contributed by atoms with Gasteiger partial charge in [0.2, 0.25) is 5.95 Å². The number of nitrogens with zero attached hydrogens (tertiary/aromatic N) is 3. The number of hydrogen-bond donors (Lipinski definition) is 3. The highest BCUT2D eigenvalue weighted by atomic mass is 19.4. The summed E-state index contributed by atoms with van der Waals surface area (Å²) in [5, 5.41) is 13.0. The van der Waals surface area contributed by atoms with Gasteiger partial charge in [-0.1, -0.05) is 24.3 Å². The Bertz CT molecular complexity index is 1410. The van der Waals surface area contributed by atoms with E-state index in [0.717, 1.165) is 28.9 Å². The number of benzene rings is 2. The van der Waals surface area contributed by atoms with Gasteiger partial charge in [-0.05, 0) is 35.9 Å². The van der Waals surface area contributed by atoms with Crippen LogP contribution in [0.3, 0.4) is 0 Å². The summed E-state index contributed by atoms with van der Waals surface area (Å²) < 4.78 is 59.8. The third-order valence-corrected chi connectivity index (χ3v) is 4.93. The first kappa shape index (κ1) is 27.8. The molecule has 0 saturated carbocycles. The molecule has 4 aromatic rings. The Hall–Kier alpha value is -4.81. The van der Waals surface area contributed by atoms with Gasteiger partial charge in [0.15, 0.2) is 11.6 Å². The molecule has 0 saturated heterocycles. The number of aryl methyl sites for hydroxylation is 1. The second-order valence-corrected chi connectivity index (χ2v) is 7.75. The summed E-state index contributed by atoms with van der Waals surface area (Å²) in [6, 6.07) is 14.8. The van der Waals surface area contributed by atoms with Crippen molar-refractivity contribution in [2.45, 2.75) is 12.7 Å². The van der Waals surface area contributed by atoms with Gasteiger partial charge in [0.25, 0.3) is 5.91 Å². The van der Waals surface area contributed by atoms with E-state index in [1.165, 1.54) is 6.07 Å². The fourth-order valence-electron chi connectivity index (χ4n) is 3.06.